The highest BCUT2D eigenvalue weighted by Gasteiger charge is 2.22. The van der Waals surface area contributed by atoms with Gasteiger partial charge in [0, 0.05) is 0 Å². The summed E-state index contributed by atoms with van der Waals surface area (Å²) in [6.45, 7) is 3.04. The van der Waals surface area contributed by atoms with Crippen LogP contribution in [0.25, 0.3) is 0 Å². The second-order valence-corrected chi connectivity index (χ2v) is 3.65. The van der Waals surface area contributed by atoms with E-state index in [-0.39, 0.29) is 24.5 Å². The molecule has 1 aromatic heterocycles. The topological polar surface area (TPSA) is 77.0 Å². The third-order valence-electron chi connectivity index (χ3n) is 2.59. The van der Waals surface area contributed by atoms with Crippen LogP contribution < -0.4 is 11.1 Å². The maximum absolute atomic E-state index is 5.79. The molecule has 0 bridgehead atoms. The molecule has 0 amide bonds. The van der Waals surface area contributed by atoms with Crippen LogP contribution in [-0.2, 0) is 0 Å². The van der Waals surface area contributed by atoms with Gasteiger partial charge in [-0.3, -0.25) is 0 Å². The molecule has 0 aromatic carbocycles. The molecule has 3 N–H and O–H groups in total. The van der Waals surface area contributed by atoms with Crippen molar-refractivity contribution in [1.82, 2.24) is 15.5 Å². The second kappa shape index (κ2) is 5.44. The van der Waals surface area contributed by atoms with Gasteiger partial charge in [0.15, 0.2) is 5.82 Å². The molecule has 0 radical (unpaired) electrons. The number of rotatable bonds is 3. The quantitative estimate of drug-likeness (QED) is 0.822. The standard InChI is InChI=1S/C9H16N4O.ClH/c1-2-6(10)9-12-8(13-14-9)7-4-3-5-11-7;/h6-7,11H,2-5,10H2,1H3;1H/t6-,7?;/m1./s1. The fraction of sp³-hybridized carbons (Fsp3) is 0.778. The Morgan fingerprint density at radius 1 is 1.67 bits per heavy atom. The summed E-state index contributed by atoms with van der Waals surface area (Å²) in [5.41, 5.74) is 5.79. The van der Waals surface area contributed by atoms with E-state index in [0.717, 1.165) is 25.2 Å². The molecule has 0 spiro atoms. The van der Waals surface area contributed by atoms with Crippen molar-refractivity contribution in [1.29, 1.82) is 0 Å². The Labute approximate surface area is 95.2 Å². The minimum Gasteiger partial charge on any atom is -0.338 e. The molecule has 1 aromatic rings. The van der Waals surface area contributed by atoms with Gasteiger partial charge < -0.3 is 15.6 Å². The number of nitrogens with zero attached hydrogens (tertiary/aromatic N) is 2. The lowest BCUT2D eigenvalue weighted by Gasteiger charge is -2.02. The molecule has 1 aliphatic rings. The summed E-state index contributed by atoms with van der Waals surface area (Å²) in [6, 6.07) is 0.134. The number of aromatic nitrogens is 2. The zero-order valence-corrected chi connectivity index (χ0v) is 9.59. The highest BCUT2D eigenvalue weighted by atomic mass is 35.5. The van der Waals surface area contributed by atoms with Crippen LogP contribution in [0.5, 0.6) is 0 Å². The molecule has 6 heteroatoms. The molecule has 5 nitrogen and oxygen atoms in total. The van der Waals surface area contributed by atoms with Crippen LogP contribution in [0.1, 0.15) is 50.0 Å². The Hall–Kier alpha value is -0.650. The molecule has 1 fully saturated rings. The van der Waals surface area contributed by atoms with Gasteiger partial charge in [0.25, 0.3) is 0 Å². The largest absolute Gasteiger partial charge is 0.338 e. The van der Waals surface area contributed by atoms with Crippen molar-refractivity contribution in [2.75, 3.05) is 6.54 Å². The molecule has 86 valence electrons. The van der Waals surface area contributed by atoms with Gasteiger partial charge in [0.1, 0.15) is 0 Å². The first kappa shape index (κ1) is 12.4. The highest BCUT2D eigenvalue weighted by molar-refractivity contribution is 5.85. The molecule has 2 rings (SSSR count). The van der Waals surface area contributed by atoms with Gasteiger partial charge in [-0.05, 0) is 25.8 Å². The SMILES string of the molecule is CC[C@@H](N)c1nc(C2CCCN2)no1.Cl. The minimum absolute atomic E-state index is 0. The third-order valence-corrected chi connectivity index (χ3v) is 2.59. The van der Waals surface area contributed by atoms with E-state index in [1.54, 1.807) is 0 Å². The van der Waals surface area contributed by atoms with E-state index in [1.807, 2.05) is 6.92 Å². The smallest absolute Gasteiger partial charge is 0.243 e. The van der Waals surface area contributed by atoms with E-state index >= 15 is 0 Å². The Morgan fingerprint density at radius 3 is 3.07 bits per heavy atom. The van der Waals surface area contributed by atoms with Crippen molar-refractivity contribution in [2.45, 2.75) is 38.3 Å². The fourth-order valence-corrected chi connectivity index (χ4v) is 1.62. The van der Waals surface area contributed by atoms with Crippen molar-refractivity contribution < 1.29 is 4.52 Å². The first-order chi connectivity index (χ1) is 6.81. The maximum Gasteiger partial charge on any atom is 0.243 e. The fourth-order valence-electron chi connectivity index (χ4n) is 1.62. The number of halogens is 1. The zero-order chi connectivity index (χ0) is 9.97. The molecule has 1 aliphatic heterocycles. The van der Waals surface area contributed by atoms with Crippen molar-refractivity contribution in [3.63, 3.8) is 0 Å². The lowest BCUT2D eigenvalue weighted by Crippen LogP contribution is -2.15. The summed E-state index contributed by atoms with van der Waals surface area (Å²) in [4.78, 5) is 4.30. The van der Waals surface area contributed by atoms with E-state index in [1.165, 1.54) is 6.42 Å². The van der Waals surface area contributed by atoms with E-state index in [4.69, 9.17) is 10.3 Å². The zero-order valence-electron chi connectivity index (χ0n) is 8.77. The molecular formula is C9H17ClN4O. The Bertz CT molecular complexity index is 298. The van der Waals surface area contributed by atoms with Gasteiger partial charge in [-0.25, -0.2) is 0 Å². The monoisotopic (exact) mass is 232 g/mol. The van der Waals surface area contributed by atoms with Gasteiger partial charge in [-0.2, -0.15) is 4.98 Å². The summed E-state index contributed by atoms with van der Waals surface area (Å²) < 4.78 is 5.10. The predicted octanol–water partition coefficient (Wildman–Crippen LogP) is 1.33. The van der Waals surface area contributed by atoms with Gasteiger partial charge in [-0.15, -0.1) is 12.4 Å². The van der Waals surface area contributed by atoms with Crippen LogP contribution in [0.3, 0.4) is 0 Å². The molecule has 15 heavy (non-hydrogen) atoms. The number of nitrogens with one attached hydrogen (secondary N) is 1. The molecule has 0 saturated carbocycles. The molecule has 2 atom stereocenters. The Kier molecular flexibility index (Phi) is 4.50. The third kappa shape index (κ3) is 2.68. The van der Waals surface area contributed by atoms with E-state index in [9.17, 15) is 0 Å². The van der Waals surface area contributed by atoms with Crippen molar-refractivity contribution >= 4 is 12.4 Å². The second-order valence-electron chi connectivity index (χ2n) is 3.65. The van der Waals surface area contributed by atoms with E-state index in [0.29, 0.717) is 5.89 Å². The van der Waals surface area contributed by atoms with Crippen molar-refractivity contribution in [2.24, 2.45) is 5.73 Å². The van der Waals surface area contributed by atoms with Crippen molar-refractivity contribution in [3.8, 4) is 0 Å². The Balaban J connectivity index is 0.00000112. The average molecular weight is 233 g/mol. The number of hydrogen-bond acceptors (Lipinski definition) is 5. The van der Waals surface area contributed by atoms with Gasteiger partial charge in [-0.1, -0.05) is 12.1 Å². The normalized spacial score (nSPS) is 22.4. The van der Waals surface area contributed by atoms with Crippen LogP contribution >= 0.6 is 12.4 Å². The maximum atomic E-state index is 5.79. The predicted molar refractivity (Wildman–Crippen MR) is 58.7 cm³/mol. The summed E-state index contributed by atoms with van der Waals surface area (Å²) in [5, 5.41) is 7.26. The van der Waals surface area contributed by atoms with Crippen LogP contribution in [0.2, 0.25) is 0 Å². The summed E-state index contributed by atoms with van der Waals surface area (Å²) in [5.74, 6) is 1.30. The molecule has 1 unspecified atom stereocenters. The van der Waals surface area contributed by atoms with Crippen LogP contribution in [0.15, 0.2) is 4.52 Å². The first-order valence-corrected chi connectivity index (χ1v) is 5.13. The van der Waals surface area contributed by atoms with Crippen LogP contribution in [-0.4, -0.2) is 16.7 Å². The Morgan fingerprint density at radius 2 is 2.47 bits per heavy atom. The number of hydrogen-bond donors (Lipinski definition) is 2. The summed E-state index contributed by atoms with van der Waals surface area (Å²) in [7, 11) is 0. The molecule has 1 saturated heterocycles. The average Bonchev–Trinajstić information content (AvgIpc) is 2.86. The van der Waals surface area contributed by atoms with Crippen LogP contribution in [0.4, 0.5) is 0 Å². The van der Waals surface area contributed by atoms with Gasteiger partial charge in [0.05, 0.1) is 12.1 Å². The highest BCUT2D eigenvalue weighted by Crippen LogP contribution is 2.21. The van der Waals surface area contributed by atoms with Gasteiger partial charge >= 0.3 is 0 Å². The molecule has 0 aliphatic carbocycles. The lowest BCUT2D eigenvalue weighted by atomic mass is 10.2. The van der Waals surface area contributed by atoms with Gasteiger partial charge in [0.2, 0.25) is 5.89 Å². The summed E-state index contributed by atoms with van der Waals surface area (Å²) >= 11 is 0. The summed E-state index contributed by atoms with van der Waals surface area (Å²) in [6.07, 6.45) is 3.08. The first-order valence-electron chi connectivity index (χ1n) is 5.13. The number of nitrogens with two attached hydrogens (primary N) is 1. The van der Waals surface area contributed by atoms with E-state index in [2.05, 4.69) is 15.5 Å². The van der Waals surface area contributed by atoms with Crippen molar-refractivity contribution in [3.05, 3.63) is 11.7 Å². The lowest BCUT2D eigenvalue weighted by molar-refractivity contribution is 0.345. The molecule has 2 heterocycles. The van der Waals surface area contributed by atoms with E-state index < -0.39 is 0 Å². The molecular weight excluding hydrogens is 216 g/mol. The minimum atomic E-state index is -0.127. The van der Waals surface area contributed by atoms with Crippen LogP contribution in [0, 0.1) is 0 Å².